The van der Waals surface area contributed by atoms with Crippen molar-refractivity contribution in [2.75, 3.05) is 0 Å². The standard InChI is InChI=1S/C56H30BN7O.2Pt/c1-4-15-46-38(12-1)44-33-45-43-25-22-37(65-36-21-24-42-40-14-3-6-17-49(40)63(51(42)31-36)55-19-8-10-27-59-55)32-52(43)64(56-60-28-11-29-61-56)53(45)34-47(44)57(46)35-20-23-41-39-13-2-5-16-48(39)62(50(41)30-35)54-18-7-9-26-58-54;;/h1-29,33H;;/q-4;2*+2. The van der Waals surface area contributed by atoms with E-state index in [1.54, 1.807) is 12.4 Å². The van der Waals surface area contributed by atoms with Crippen molar-refractivity contribution in [3.63, 3.8) is 0 Å². The van der Waals surface area contributed by atoms with Crippen molar-refractivity contribution < 1.29 is 46.9 Å². The van der Waals surface area contributed by atoms with E-state index in [-0.39, 0.29) is 48.8 Å². The second kappa shape index (κ2) is 16.2. The summed E-state index contributed by atoms with van der Waals surface area (Å²) in [6.07, 6.45) is 7.18. The Hall–Kier alpha value is -7.44. The number of pyridine rings is 2. The van der Waals surface area contributed by atoms with E-state index in [9.17, 15) is 0 Å². The molecule has 0 radical (unpaired) electrons. The zero-order valence-electron chi connectivity index (χ0n) is 35.1. The van der Waals surface area contributed by atoms with E-state index in [2.05, 4.69) is 141 Å². The number of fused-ring (bicyclic) bond motifs is 12. The number of aromatic nitrogens is 7. The maximum absolute atomic E-state index is 6.65. The summed E-state index contributed by atoms with van der Waals surface area (Å²) in [5, 5.41) is 6.49. The van der Waals surface area contributed by atoms with Crippen LogP contribution in [0.5, 0.6) is 11.5 Å². The Morgan fingerprint density at radius 2 is 0.925 bits per heavy atom. The third-order valence-corrected chi connectivity index (χ3v) is 12.8. The number of nitrogens with zero attached hydrogens (tertiary/aromatic N) is 7. The Morgan fingerprint density at radius 3 is 1.57 bits per heavy atom. The summed E-state index contributed by atoms with van der Waals surface area (Å²) >= 11 is 0. The summed E-state index contributed by atoms with van der Waals surface area (Å²) in [7, 11) is 0. The van der Waals surface area contributed by atoms with E-state index in [0.717, 1.165) is 93.5 Å². The van der Waals surface area contributed by atoms with Crippen LogP contribution in [0.2, 0.25) is 0 Å². The molecule has 0 unspecified atom stereocenters. The normalized spacial score (nSPS) is 11.9. The third-order valence-electron chi connectivity index (χ3n) is 12.8. The van der Waals surface area contributed by atoms with E-state index < -0.39 is 0 Å². The maximum Gasteiger partial charge on any atom is 2.00 e. The van der Waals surface area contributed by atoms with Crippen molar-refractivity contribution in [3.8, 4) is 40.2 Å². The van der Waals surface area contributed by atoms with Gasteiger partial charge in [-0.3, -0.25) is 0 Å². The molecule has 13 aromatic rings. The van der Waals surface area contributed by atoms with Crippen LogP contribution in [0, 0.1) is 24.3 Å². The molecule has 0 bridgehead atoms. The van der Waals surface area contributed by atoms with Crippen molar-refractivity contribution in [1.29, 1.82) is 0 Å². The molecule has 8 nitrogen and oxygen atoms in total. The summed E-state index contributed by atoms with van der Waals surface area (Å²) in [5.74, 6) is 3.28. The molecule has 0 spiro atoms. The Morgan fingerprint density at radius 1 is 0.403 bits per heavy atom. The fourth-order valence-corrected chi connectivity index (χ4v) is 10.1. The molecule has 0 aliphatic carbocycles. The zero-order valence-corrected chi connectivity index (χ0v) is 39.6. The number of benzene rings is 7. The molecule has 6 aromatic heterocycles. The molecule has 7 heterocycles. The van der Waals surface area contributed by atoms with Gasteiger partial charge in [-0.05, 0) is 53.2 Å². The van der Waals surface area contributed by atoms with Crippen molar-refractivity contribution in [1.82, 2.24) is 33.6 Å². The third kappa shape index (κ3) is 6.29. The first-order valence-electron chi connectivity index (χ1n) is 21.5. The molecular weight excluding hydrogens is 1190 g/mol. The monoisotopic (exact) mass is 1220 g/mol. The summed E-state index contributed by atoms with van der Waals surface area (Å²) in [6.45, 7) is -0.136. The van der Waals surface area contributed by atoms with Crippen molar-refractivity contribution in [2.24, 2.45) is 0 Å². The molecular formula is C56H30BN7OPt2. The van der Waals surface area contributed by atoms with E-state index in [1.807, 2.05) is 67.0 Å². The second-order valence-corrected chi connectivity index (χ2v) is 16.3. The van der Waals surface area contributed by atoms with Gasteiger partial charge in [0, 0.05) is 47.3 Å². The summed E-state index contributed by atoms with van der Waals surface area (Å²) < 4.78 is 13.1. The van der Waals surface area contributed by atoms with E-state index in [0.29, 0.717) is 17.4 Å². The molecule has 0 atom stereocenters. The van der Waals surface area contributed by atoms with Crippen LogP contribution in [-0.4, -0.2) is 40.3 Å². The molecule has 0 fully saturated rings. The minimum absolute atomic E-state index is 0. The topological polar surface area (TPSA) is 75.6 Å². The molecule has 7 aromatic carbocycles. The van der Waals surface area contributed by atoms with Gasteiger partial charge in [0.25, 0.3) is 0 Å². The Balaban J connectivity index is 0.00000234. The molecule has 0 amide bonds. The number of para-hydroxylation sites is 2. The smallest absolute Gasteiger partial charge is 0.509 e. The van der Waals surface area contributed by atoms with Crippen LogP contribution in [-0.2, 0) is 42.1 Å². The molecule has 318 valence electrons. The van der Waals surface area contributed by atoms with Gasteiger partial charge < -0.3 is 18.4 Å². The Labute approximate surface area is 413 Å². The summed E-state index contributed by atoms with van der Waals surface area (Å²) in [5.41, 5.74) is 11.3. The van der Waals surface area contributed by atoms with Gasteiger partial charge in [-0.2, -0.15) is 64.2 Å². The maximum atomic E-state index is 6.65. The molecule has 0 saturated heterocycles. The minimum Gasteiger partial charge on any atom is -0.509 e. The van der Waals surface area contributed by atoms with Crippen LogP contribution in [0.1, 0.15) is 0 Å². The average Bonchev–Trinajstić information content (AvgIpc) is 4.08. The number of hydrogen-bond acceptors (Lipinski definition) is 5. The quantitative estimate of drug-likeness (QED) is 0.123. The molecule has 11 heteroatoms. The molecule has 0 saturated carbocycles. The molecule has 0 N–H and O–H groups in total. The van der Waals surface area contributed by atoms with Crippen molar-refractivity contribution in [2.45, 2.75) is 0 Å². The summed E-state index contributed by atoms with van der Waals surface area (Å²) in [4.78, 5) is 19.0. The van der Waals surface area contributed by atoms with Crippen LogP contribution in [0.4, 0.5) is 0 Å². The van der Waals surface area contributed by atoms with Crippen LogP contribution in [0.15, 0.2) is 183 Å². The van der Waals surface area contributed by atoms with E-state index >= 15 is 0 Å². The number of rotatable bonds is 6. The van der Waals surface area contributed by atoms with Crippen LogP contribution in [0.3, 0.4) is 0 Å². The van der Waals surface area contributed by atoms with Crippen molar-refractivity contribution >= 4 is 88.5 Å². The van der Waals surface area contributed by atoms with Crippen molar-refractivity contribution in [3.05, 3.63) is 207 Å². The predicted molar refractivity (Wildman–Crippen MR) is 259 cm³/mol. The largest absolute Gasteiger partial charge is 2.00 e. The van der Waals surface area contributed by atoms with E-state index in [1.165, 1.54) is 11.0 Å². The fraction of sp³-hybridized carbons (Fsp3) is 0. The number of ether oxygens (including phenoxy) is 1. The molecule has 67 heavy (non-hydrogen) atoms. The summed E-state index contributed by atoms with van der Waals surface area (Å²) in [6, 6.07) is 69.3. The van der Waals surface area contributed by atoms with Crippen LogP contribution in [0.25, 0.3) is 94.1 Å². The van der Waals surface area contributed by atoms with Gasteiger partial charge in [0.05, 0.1) is 0 Å². The first-order chi connectivity index (χ1) is 32.2. The van der Waals surface area contributed by atoms with Gasteiger partial charge in [-0.15, -0.1) is 40.6 Å². The SMILES string of the molecule is [Pt+2].[Pt+2].[c-]1c(Oc2[c-]c3c(cc2)c2ccccc2n3-c2ccccn2)ccc2c3cc4c([c-]c3n(-c3ncccn3)c12)B(c1[c-]c2c(cc1)c1ccccc1n2-c1ccccn1)c1ccccc1-4. The fourth-order valence-electron chi connectivity index (χ4n) is 10.1. The van der Waals surface area contributed by atoms with E-state index in [4.69, 9.17) is 24.7 Å². The minimum atomic E-state index is -0.136. The van der Waals surface area contributed by atoms with Gasteiger partial charge in [-0.1, -0.05) is 106 Å². The van der Waals surface area contributed by atoms with Crippen LogP contribution >= 0.6 is 0 Å². The van der Waals surface area contributed by atoms with Gasteiger partial charge in [0.1, 0.15) is 11.6 Å². The van der Waals surface area contributed by atoms with Gasteiger partial charge in [0.2, 0.25) is 5.95 Å². The van der Waals surface area contributed by atoms with Gasteiger partial charge in [0.15, 0.2) is 6.71 Å². The Kier molecular flexibility index (Phi) is 9.90. The second-order valence-electron chi connectivity index (χ2n) is 16.3. The first-order valence-corrected chi connectivity index (χ1v) is 21.5. The molecule has 1 aliphatic rings. The zero-order chi connectivity index (χ0) is 42.6. The van der Waals surface area contributed by atoms with Gasteiger partial charge in [-0.25, -0.2) is 19.9 Å². The first kappa shape index (κ1) is 41.0. The molecule has 14 rings (SSSR count). The number of hydrogen-bond donors (Lipinski definition) is 0. The molecule has 1 aliphatic heterocycles. The predicted octanol–water partition coefficient (Wildman–Crippen LogP) is 10.0. The average molecular weight is 1220 g/mol. The van der Waals surface area contributed by atoms with Gasteiger partial charge >= 0.3 is 42.1 Å². The van der Waals surface area contributed by atoms with Crippen LogP contribution < -0.4 is 21.1 Å². The Bertz CT molecular complexity index is 4060.